The van der Waals surface area contributed by atoms with E-state index in [1.807, 2.05) is 6.07 Å². The third-order valence-corrected chi connectivity index (χ3v) is 1.76. The molecule has 5 nitrogen and oxygen atoms in total. The van der Waals surface area contributed by atoms with Crippen LogP contribution < -0.4 is 4.74 Å². The Morgan fingerprint density at radius 1 is 1.60 bits per heavy atom. The second kappa shape index (κ2) is 4.77. The molecule has 76 valence electrons. The number of nitriles is 1. The molecule has 0 saturated carbocycles. The van der Waals surface area contributed by atoms with Crippen molar-refractivity contribution < 1.29 is 9.66 Å². The van der Waals surface area contributed by atoms with E-state index in [9.17, 15) is 10.1 Å². The van der Waals surface area contributed by atoms with Crippen LogP contribution in [0, 0.1) is 21.4 Å². The molecule has 0 heterocycles. The van der Waals surface area contributed by atoms with E-state index < -0.39 is 4.92 Å². The number of nitrogens with zero attached hydrogens (tertiary/aromatic N) is 2. The van der Waals surface area contributed by atoms with Crippen LogP contribution in [-0.2, 0) is 0 Å². The standard InChI is InChI=1S/C10H8N2O3/c1-15-10-5-4-9(12(13)14)7-8(10)3-2-6-11/h2-5,7H,1H3. The van der Waals surface area contributed by atoms with Crippen LogP contribution in [0.5, 0.6) is 5.75 Å². The van der Waals surface area contributed by atoms with E-state index in [1.165, 1.54) is 37.5 Å². The molecule has 0 bridgehead atoms. The summed E-state index contributed by atoms with van der Waals surface area (Å²) in [5.74, 6) is 0.493. The lowest BCUT2D eigenvalue weighted by molar-refractivity contribution is -0.384. The molecule has 0 amide bonds. The zero-order chi connectivity index (χ0) is 11.3. The van der Waals surface area contributed by atoms with Crippen molar-refractivity contribution in [2.24, 2.45) is 0 Å². The molecule has 0 spiro atoms. The Kier molecular flexibility index (Phi) is 3.41. The quantitative estimate of drug-likeness (QED) is 0.429. The molecular formula is C10H8N2O3. The first-order valence-electron chi connectivity index (χ1n) is 4.07. The predicted octanol–water partition coefficient (Wildman–Crippen LogP) is 2.14. The van der Waals surface area contributed by atoms with Crippen molar-refractivity contribution in [2.75, 3.05) is 7.11 Å². The monoisotopic (exact) mass is 204 g/mol. The number of rotatable bonds is 3. The molecule has 0 aliphatic heterocycles. The molecule has 0 aliphatic rings. The van der Waals surface area contributed by atoms with E-state index >= 15 is 0 Å². The highest BCUT2D eigenvalue weighted by Gasteiger charge is 2.08. The summed E-state index contributed by atoms with van der Waals surface area (Å²) >= 11 is 0. The Morgan fingerprint density at radius 2 is 2.33 bits per heavy atom. The number of benzene rings is 1. The molecule has 0 aromatic heterocycles. The minimum absolute atomic E-state index is 0.0339. The van der Waals surface area contributed by atoms with Gasteiger partial charge in [0.25, 0.3) is 5.69 Å². The Labute approximate surface area is 86.4 Å². The van der Waals surface area contributed by atoms with E-state index in [4.69, 9.17) is 10.00 Å². The molecule has 0 unspecified atom stereocenters. The van der Waals surface area contributed by atoms with Gasteiger partial charge in [0.1, 0.15) is 5.75 Å². The van der Waals surface area contributed by atoms with Gasteiger partial charge in [0.15, 0.2) is 0 Å². The van der Waals surface area contributed by atoms with E-state index in [1.54, 1.807) is 0 Å². The highest BCUT2D eigenvalue weighted by atomic mass is 16.6. The summed E-state index contributed by atoms with van der Waals surface area (Å²) in [6.07, 6.45) is 2.70. The fourth-order valence-electron chi connectivity index (χ4n) is 1.09. The van der Waals surface area contributed by atoms with Crippen molar-refractivity contribution in [2.45, 2.75) is 0 Å². The number of hydrogen-bond acceptors (Lipinski definition) is 4. The largest absolute Gasteiger partial charge is 0.496 e. The van der Waals surface area contributed by atoms with Gasteiger partial charge in [0, 0.05) is 23.8 Å². The number of hydrogen-bond donors (Lipinski definition) is 0. The number of nitro benzene ring substituents is 1. The number of ether oxygens (including phenoxy) is 1. The molecule has 1 aromatic rings. The highest BCUT2D eigenvalue weighted by molar-refractivity contribution is 5.62. The number of nitro groups is 1. The minimum atomic E-state index is -0.497. The number of non-ortho nitro benzene ring substituents is 1. The van der Waals surface area contributed by atoms with Crippen LogP contribution in [-0.4, -0.2) is 12.0 Å². The smallest absolute Gasteiger partial charge is 0.270 e. The molecule has 15 heavy (non-hydrogen) atoms. The molecule has 1 aromatic carbocycles. The molecule has 0 N–H and O–H groups in total. The van der Waals surface area contributed by atoms with Gasteiger partial charge in [0.05, 0.1) is 18.1 Å². The van der Waals surface area contributed by atoms with E-state index in [0.717, 1.165) is 0 Å². The van der Waals surface area contributed by atoms with Gasteiger partial charge in [-0.15, -0.1) is 0 Å². The van der Waals surface area contributed by atoms with Crippen molar-refractivity contribution in [3.63, 3.8) is 0 Å². The van der Waals surface area contributed by atoms with Crippen molar-refractivity contribution in [3.05, 3.63) is 40.0 Å². The summed E-state index contributed by atoms with van der Waals surface area (Å²) < 4.78 is 4.99. The first kappa shape index (κ1) is 10.7. The first-order chi connectivity index (χ1) is 7.19. The summed E-state index contributed by atoms with van der Waals surface area (Å²) in [4.78, 5) is 10.0. The van der Waals surface area contributed by atoms with Crippen LogP contribution >= 0.6 is 0 Å². The maximum absolute atomic E-state index is 10.5. The van der Waals surface area contributed by atoms with Crippen molar-refractivity contribution in [3.8, 4) is 11.8 Å². The van der Waals surface area contributed by atoms with Gasteiger partial charge in [-0.2, -0.15) is 5.26 Å². The Hall–Kier alpha value is -2.35. The van der Waals surface area contributed by atoms with Crippen LogP contribution in [0.3, 0.4) is 0 Å². The second-order valence-electron chi connectivity index (χ2n) is 2.65. The van der Waals surface area contributed by atoms with Gasteiger partial charge in [-0.1, -0.05) is 0 Å². The summed E-state index contributed by atoms with van der Waals surface area (Å²) in [5.41, 5.74) is 0.474. The van der Waals surface area contributed by atoms with Crippen LogP contribution in [0.2, 0.25) is 0 Å². The van der Waals surface area contributed by atoms with E-state index in [2.05, 4.69) is 0 Å². The van der Waals surface area contributed by atoms with Gasteiger partial charge in [-0.3, -0.25) is 10.1 Å². The maximum atomic E-state index is 10.5. The first-order valence-corrected chi connectivity index (χ1v) is 4.07. The predicted molar refractivity (Wildman–Crippen MR) is 54.3 cm³/mol. The second-order valence-corrected chi connectivity index (χ2v) is 2.65. The van der Waals surface area contributed by atoms with Gasteiger partial charge in [-0.05, 0) is 12.1 Å². The molecule has 5 heteroatoms. The molecule has 0 radical (unpaired) electrons. The topological polar surface area (TPSA) is 76.2 Å². The third-order valence-electron chi connectivity index (χ3n) is 1.76. The summed E-state index contributed by atoms with van der Waals surface area (Å²) in [5, 5.41) is 18.9. The number of methoxy groups -OCH3 is 1. The third kappa shape index (κ3) is 2.54. The lowest BCUT2D eigenvalue weighted by atomic mass is 10.1. The van der Waals surface area contributed by atoms with Crippen LogP contribution in [0.4, 0.5) is 5.69 Å². The van der Waals surface area contributed by atoms with E-state index in [-0.39, 0.29) is 5.69 Å². The normalized spacial score (nSPS) is 9.87. The number of allylic oxidation sites excluding steroid dienone is 1. The SMILES string of the molecule is COc1ccc([N+](=O)[O-])cc1C=CC#N. The molecular weight excluding hydrogens is 196 g/mol. The van der Waals surface area contributed by atoms with Crippen molar-refractivity contribution >= 4 is 11.8 Å². The van der Waals surface area contributed by atoms with Crippen LogP contribution in [0.15, 0.2) is 24.3 Å². The maximum Gasteiger partial charge on any atom is 0.270 e. The average Bonchev–Trinajstić information content (AvgIpc) is 2.25. The lowest BCUT2D eigenvalue weighted by Gasteiger charge is -2.03. The Morgan fingerprint density at radius 3 is 2.87 bits per heavy atom. The Balaban J connectivity index is 3.20. The summed E-state index contributed by atoms with van der Waals surface area (Å²) in [7, 11) is 1.46. The molecule has 1 rings (SSSR count). The Bertz CT molecular complexity index is 446. The van der Waals surface area contributed by atoms with E-state index in [0.29, 0.717) is 11.3 Å². The van der Waals surface area contributed by atoms with Crippen molar-refractivity contribution in [1.82, 2.24) is 0 Å². The van der Waals surface area contributed by atoms with Gasteiger partial charge < -0.3 is 4.74 Å². The lowest BCUT2D eigenvalue weighted by Crippen LogP contribution is -1.91. The zero-order valence-corrected chi connectivity index (χ0v) is 8.01. The van der Waals surface area contributed by atoms with Gasteiger partial charge in [-0.25, -0.2) is 0 Å². The minimum Gasteiger partial charge on any atom is -0.496 e. The van der Waals surface area contributed by atoms with Crippen LogP contribution in [0.25, 0.3) is 6.08 Å². The highest BCUT2D eigenvalue weighted by Crippen LogP contribution is 2.24. The molecule has 0 saturated heterocycles. The fraction of sp³-hybridized carbons (Fsp3) is 0.100. The fourth-order valence-corrected chi connectivity index (χ4v) is 1.09. The zero-order valence-electron chi connectivity index (χ0n) is 8.01. The van der Waals surface area contributed by atoms with Crippen molar-refractivity contribution in [1.29, 1.82) is 5.26 Å². The molecule has 0 fully saturated rings. The summed E-state index contributed by atoms with van der Waals surface area (Å²) in [6, 6.07) is 6.01. The molecule has 0 aliphatic carbocycles. The van der Waals surface area contributed by atoms with Gasteiger partial charge >= 0.3 is 0 Å². The molecule has 0 atom stereocenters. The average molecular weight is 204 g/mol. The van der Waals surface area contributed by atoms with Crippen LogP contribution in [0.1, 0.15) is 5.56 Å². The summed E-state index contributed by atoms with van der Waals surface area (Å²) in [6.45, 7) is 0. The van der Waals surface area contributed by atoms with Gasteiger partial charge in [0.2, 0.25) is 0 Å².